The van der Waals surface area contributed by atoms with Crippen LogP contribution in [0, 0.1) is 0 Å². The van der Waals surface area contributed by atoms with E-state index in [1.54, 1.807) is 42.2 Å². The summed E-state index contributed by atoms with van der Waals surface area (Å²) in [5.41, 5.74) is 3.55. The first kappa shape index (κ1) is 27.1. The standard InChI is InChI=1S/C31H28Cl2N4O4/c1-40-20-14-15-27(41-2)21(17-20)30-26-11-6-16-35(26)24-9-3-4-10-25(24)37(30)28(38)18-36(19-12-13-19)31(39)34-29-22(32)7-5-8-23(29)33/h3-11,14-17,19,30H,12-13,18H2,1-2H3,(H,34,39). The number of amides is 3. The normalized spacial score (nSPS) is 15.5. The van der Waals surface area contributed by atoms with Crippen LogP contribution in [0.1, 0.15) is 30.1 Å². The minimum absolute atomic E-state index is 0.0612. The molecular weight excluding hydrogens is 563 g/mol. The molecule has 1 aliphatic heterocycles. The summed E-state index contributed by atoms with van der Waals surface area (Å²) in [6.07, 6.45) is 3.60. The summed E-state index contributed by atoms with van der Waals surface area (Å²) in [6, 6.07) is 21.2. The van der Waals surface area contributed by atoms with Gasteiger partial charge in [0.05, 0.1) is 47.0 Å². The van der Waals surface area contributed by atoms with Crippen LogP contribution in [0.5, 0.6) is 11.5 Å². The lowest BCUT2D eigenvalue weighted by Crippen LogP contribution is -2.48. The average Bonchev–Trinajstić information content (AvgIpc) is 3.71. The number of para-hydroxylation sites is 3. The third-order valence-corrected chi connectivity index (χ3v) is 8.10. The molecule has 0 saturated heterocycles. The van der Waals surface area contributed by atoms with Gasteiger partial charge < -0.3 is 24.3 Å². The number of benzene rings is 3. The van der Waals surface area contributed by atoms with Crippen molar-refractivity contribution in [1.82, 2.24) is 9.47 Å². The summed E-state index contributed by atoms with van der Waals surface area (Å²) in [6.45, 7) is -0.142. The van der Waals surface area contributed by atoms with E-state index in [-0.39, 0.29) is 18.5 Å². The van der Waals surface area contributed by atoms with Gasteiger partial charge in [-0.15, -0.1) is 0 Å². The molecule has 6 rings (SSSR count). The molecule has 8 nitrogen and oxygen atoms in total. The Morgan fingerprint density at radius 1 is 0.927 bits per heavy atom. The highest BCUT2D eigenvalue weighted by Gasteiger charge is 2.41. The smallest absolute Gasteiger partial charge is 0.322 e. The molecule has 10 heteroatoms. The monoisotopic (exact) mass is 590 g/mol. The van der Waals surface area contributed by atoms with Crippen LogP contribution in [-0.4, -0.2) is 48.2 Å². The Morgan fingerprint density at radius 2 is 1.66 bits per heavy atom. The van der Waals surface area contributed by atoms with E-state index < -0.39 is 12.1 Å². The van der Waals surface area contributed by atoms with E-state index in [0.717, 1.165) is 35.5 Å². The van der Waals surface area contributed by atoms with Gasteiger partial charge in [-0.1, -0.05) is 41.4 Å². The van der Waals surface area contributed by atoms with Gasteiger partial charge in [0.25, 0.3) is 0 Å². The van der Waals surface area contributed by atoms with Crippen molar-refractivity contribution < 1.29 is 19.1 Å². The number of urea groups is 1. The summed E-state index contributed by atoms with van der Waals surface area (Å²) >= 11 is 12.6. The van der Waals surface area contributed by atoms with E-state index in [1.165, 1.54) is 0 Å². The lowest BCUT2D eigenvalue weighted by molar-refractivity contribution is -0.119. The molecular formula is C31H28Cl2N4O4. The van der Waals surface area contributed by atoms with E-state index in [9.17, 15) is 9.59 Å². The quantitative estimate of drug-likeness (QED) is 0.253. The van der Waals surface area contributed by atoms with E-state index in [2.05, 4.69) is 9.88 Å². The second-order valence-electron chi connectivity index (χ2n) is 9.95. The Kier molecular flexibility index (Phi) is 7.28. The van der Waals surface area contributed by atoms with Crippen LogP contribution in [0.15, 0.2) is 79.0 Å². The fourth-order valence-corrected chi connectivity index (χ4v) is 5.87. The molecule has 0 spiro atoms. The van der Waals surface area contributed by atoms with Crippen molar-refractivity contribution in [2.45, 2.75) is 24.9 Å². The van der Waals surface area contributed by atoms with Crippen molar-refractivity contribution in [3.05, 3.63) is 100 Å². The molecule has 1 unspecified atom stereocenters. The summed E-state index contributed by atoms with van der Waals surface area (Å²) in [5, 5.41) is 3.47. The number of fused-ring (bicyclic) bond motifs is 3. The second-order valence-corrected chi connectivity index (χ2v) is 10.8. The van der Waals surface area contributed by atoms with Gasteiger partial charge in [0, 0.05) is 17.8 Å². The predicted octanol–water partition coefficient (Wildman–Crippen LogP) is 6.93. The Morgan fingerprint density at radius 3 is 2.34 bits per heavy atom. The number of aromatic nitrogens is 1. The van der Waals surface area contributed by atoms with Gasteiger partial charge >= 0.3 is 6.03 Å². The number of nitrogens with zero attached hydrogens (tertiary/aromatic N) is 3. The van der Waals surface area contributed by atoms with Gasteiger partial charge in [-0.25, -0.2) is 4.79 Å². The minimum Gasteiger partial charge on any atom is -0.497 e. The zero-order valence-corrected chi connectivity index (χ0v) is 24.0. The summed E-state index contributed by atoms with van der Waals surface area (Å²) in [7, 11) is 3.21. The van der Waals surface area contributed by atoms with E-state index in [0.29, 0.717) is 27.2 Å². The maximum Gasteiger partial charge on any atom is 0.322 e. The number of methoxy groups -OCH3 is 2. The van der Waals surface area contributed by atoms with Crippen LogP contribution in [0.25, 0.3) is 5.69 Å². The highest BCUT2D eigenvalue weighted by Crippen LogP contribution is 2.46. The van der Waals surface area contributed by atoms with Crippen LogP contribution in [0.4, 0.5) is 16.2 Å². The minimum atomic E-state index is -0.542. The second kappa shape index (κ2) is 11.0. The fourth-order valence-electron chi connectivity index (χ4n) is 5.38. The van der Waals surface area contributed by atoms with Crippen molar-refractivity contribution in [2.75, 3.05) is 31.0 Å². The fraction of sp³-hybridized carbons (Fsp3) is 0.226. The molecule has 1 saturated carbocycles. The number of nitrogens with one attached hydrogen (secondary N) is 1. The van der Waals surface area contributed by atoms with Gasteiger partial charge in [0.2, 0.25) is 5.91 Å². The molecule has 1 aromatic heterocycles. The maximum absolute atomic E-state index is 14.4. The van der Waals surface area contributed by atoms with Crippen molar-refractivity contribution in [3.8, 4) is 17.2 Å². The number of carbonyl (C=O) groups is 2. The number of carbonyl (C=O) groups excluding carboxylic acids is 2. The summed E-state index contributed by atoms with van der Waals surface area (Å²) in [5.74, 6) is 1.01. The summed E-state index contributed by atoms with van der Waals surface area (Å²) < 4.78 is 13.4. The molecule has 41 heavy (non-hydrogen) atoms. The molecule has 1 N–H and O–H groups in total. The first-order valence-electron chi connectivity index (χ1n) is 13.2. The largest absolute Gasteiger partial charge is 0.497 e. The molecule has 1 aliphatic carbocycles. The van der Waals surface area contributed by atoms with E-state index in [4.69, 9.17) is 32.7 Å². The number of halogens is 2. The van der Waals surface area contributed by atoms with Gasteiger partial charge in [-0.05, 0) is 67.4 Å². The van der Waals surface area contributed by atoms with Gasteiger partial charge in [0.1, 0.15) is 24.1 Å². The molecule has 4 aromatic rings. The van der Waals surface area contributed by atoms with Crippen LogP contribution < -0.4 is 19.7 Å². The van der Waals surface area contributed by atoms with Crippen molar-refractivity contribution in [2.24, 2.45) is 0 Å². The molecule has 3 aromatic carbocycles. The highest BCUT2D eigenvalue weighted by atomic mass is 35.5. The van der Waals surface area contributed by atoms with Crippen LogP contribution >= 0.6 is 23.2 Å². The lowest BCUT2D eigenvalue weighted by atomic mass is 9.96. The number of rotatable bonds is 7. The number of anilines is 2. The van der Waals surface area contributed by atoms with Gasteiger partial charge in [0.15, 0.2) is 0 Å². The molecule has 1 fully saturated rings. The number of hydrogen-bond acceptors (Lipinski definition) is 4. The third kappa shape index (κ3) is 4.98. The van der Waals surface area contributed by atoms with Crippen LogP contribution in [-0.2, 0) is 4.79 Å². The number of ether oxygens (including phenoxy) is 2. The maximum atomic E-state index is 14.4. The van der Waals surface area contributed by atoms with Crippen molar-refractivity contribution in [1.29, 1.82) is 0 Å². The van der Waals surface area contributed by atoms with Gasteiger partial charge in [-0.3, -0.25) is 9.69 Å². The molecule has 2 aliphatic rings. The first-order chi connectivity index (χ1) is 19.9. The van der Waals surface area contributed by atoms with E-state index >= 15 is 0 Å². The Balaban J connectivity index is 1.41. The van der Waals surface area contributed by atoms with Gasteiger partial charge in [-0.2, -0.15) is 0 Å². The van der Waals surface area contributed by atoms with E-state index in [1.807, 2.05) is 60.8 Å². The zero-order valence-electron chi connectivity index (χ0n) is 22.5. The van der Waals surface area contributed by atoms with Crippen LogP contribution in [0.2, 0.25) is 10.0 Å². The Bertz CT molecular complexity index is 1610. The first-order valence-corrected chi connectivity index (χ1v) is 14.0. The third-order valence-electron chi connectivity index (χ3n) is 7.47. The SMILES string of the molecule is COc1ccc(OC)c(C2c3cccn3-c3ccccc3N2C(=O)CN(C(=O)Nc2c(Cl)cccc2Cl)C2CC2)c1. The van der Waals surface area contributed by atoms with Crippen LogP contribution in [0.3, 0.4) is 0 Å². The molecule has 1 atom stereocenters. The topological polar surface area (TPSA) is 76.0 Å². The highest BCUT2D eigenvalue weighted by molar-refractivity contribution is 6.39. The Labute approximate surface area is 248 Å². The Hall–Kier alpha value is -4.14. The van der Waals surface area contributed by atoms with Crippen molar-refractivity contribution in [3.63, 3.8) is 0 Å². The molecule has 210 valence electrons. The lowest BCUT2D eigenvalue weighted by Gasteiger charge is -2.40. The zero-order chi connectivity index (χ0) is 28.7. The molecule has 2 heterocycles. The molecule has 0 radical (unpaired) electrons. The average molecular weight is 591 g/mol. The number of hydrogen-bond donors (Lipinski definition) is 1. The molecule has 3 amide bonds. The predicted molar refractivity (Wildman–Crippen MR) is 160 cm³/mol. The van der Waals surface area contributed by atoms with Crippen molar-refractivity contribution >= 4 is 46.5 Å². The molecule has 0 bridgehead atoms. The summed E-state index contributed by atoms with van der Waals surface area (Å²) in [4.78, 5) is 31.3.